The Morgan fingerprint density at radius 3 is 2.43 bits per heavy atom. The van der Waals surface area contributed by atoms with E-state index in [1.54, 1.807) is 18.2 Å². The summed E-state index contributed by atoms with van der Waals surface area (Å²) in [5.74, 6) is -0.386. The molecule has 2 N–H and O–H groups in total. The van der Waals surface area contributed by atoms with Crippen LogP contribution in [0.25, 0.3) is 11.0 Å². The Labute approximate surface area is 160 Å². The summed E-state index contributed by atoms with van der Waals surface area (Å²) in [6.45, 7) is 1.19. The molecule has 0 radical (unpaired) electrons. The maximum absolute atomic E-state index is 12.0. The molecule has 0 fully saturated rings. The first-order chi connectivity index (χ1) is 13.4. The van der Waals surface area contributed by atoms with Gasteiger partial charge in [-0.15, -0.1) is 0 Å². The van der Waals surface area contributed by atoms with Crippen LogP contribution < -0.4 is 15.7 Å². The van der Waals surface area contributed by atoms with Crippen molar-refractivity contribution in [3.05, 3.63) is 70.6 Å². The van der Waals surface area contributed by atoms with Crippen molar-refractivity contribution in [2.24, 2.45) is 0 Å². The van der Waals surface area contributed by atoms with E-state index < -0.39 is 17.7 Å². The number of aliphatic carboxylic acids is 1. The second-order valence-electron chi connectivity index (χ2n) is 5.53. The van der Waals surface area contributed by atoms with Gasteiger partial charge in [0.1, 0.15) is 12.3 Å². The van der Waals surface area contributed by atoms with E-state index >= 15 is 0 Å². The number of fused-ring (bicyclic) bond motifs is 1. The number of carbonyl (C=O) groups excluding carboxylic acids is 1. The fourth-order valence-corrected chi connectivity index (χ4v) is 2.23. The third kappa shape index (κ3) is 5.87. The first-order valence-electron chi connectivity index (χ1n) is 8.19. The molecular weight excluding hydrogens is 366 g/mol. The lowest BCUT2D eigenvalue weighted by atomic mass is 10.2. The highest BCUT2D eigenvalue weighted by Gasteiger charge is 2.12. The molecule has 8 heteroatoms. The molecule has 3 aromatic rings. The van der Waals surface area contributed by atoms with Crippen LogP contribution in [0, 0.1) is 0 Å². The Hall–Kier alpha value is -3.81. The third-order valence-corrected chi connectivity index (χ3v) is 3.39. The molecule has 1 aromatic heterocycles. The predicted octanol–water partition coefficient (Wildman–Crippen LogP) is 3.64. The molecule has 0 spiro atoms. The summed E-state index contributed by atoms with van der Waals surface area (Å²) in [7, 11) is 1.49. The van der Waals surface area contributed by atoms with Crippen LogP contribution >= 0.6 is 0 Å². The number of methoxy groups -OCH3 is 1. The average molecular weight is 385 g/mol. The third-order valence-electron chi connectivity index (χ3n) is 3.39. The van der Waals surface area contributed by atoms with Gasteiger partial charge in [-0.3, -0.25) is 10.1 Å². The van der Waals surface area contributed by atoms with Crippen molar-refractivity contribution in [2.75, 3.05) is 12.4 Å². The van der Waals surface area contributed by atoms with Gasteiger partial charge in [0.25, 0.3) is 5.97 Å². The van der Waals surface area contributed by atoms with E-state index in [2.05, 4.69) is 5.32 Å². The van der Waals surface area contributed by atoms with Crippen molar-refractivity contribution in [1.29, 1.82) is 0 Å². The Balaban J connectivity index is 0.000000640. The number of amides is 1. The minimum atomic E-state index is -0.833. The maximum atomic E-state index is 12.0. The highest BCUT2D eigenvalue weighted by Crippen LogP contribution is 2.25. The number of carbonyl (C=O) groups is 2. The SMILES string of the molecule is CC(=O)O.COc1cccc2cc(NC(=O)OCc3ccccc3)c(=O)oc12. The maximum Gasteiger partial charge on any atom is 0.412 e. The van der Waals surface area contributed by atoms with Gasteiger partial charge in [0.05, 0.1) is 7.11 Å². The molecule has 0 bridgehead atoms. The lowest BCUT2D eigenvalue weighted by Crippen LogP contribution is -2.18. The van der Waals surface area contributed by atoms with Crippen molar-refractivity contribution in [3.8, 4) is 5.75 Å². The fraction of sp³-hybridized carbons (Fsp3) is 0.150. The van der Waals surface area contributed by atoms with E-state index in [1.165, 1.54) is 13.2 Å². The Bertz CT molecular complexity index is 1010. The lowest BCUT2D eigenvalue weighted by Gasteiger charge is -2.08. The van der Waals surface area contributed by atoms with Gasteiger partial charge in [-0.05, 0) is 17.7 Å². The van der Waals surface area contributed by atoms with Crippen LogP contribution in [0.5, 0.6) is 5.75 Å². The van der Waals surface area contributed by atoms with Gasteiger partial charge in [0.15, 0.2) is 11.3 Å². The second-order valence-corrected chi connectivity index (χ2v) is 5.53. The minimum absolute atomic E-state index is 0.00816. The van der Waals surface area contributed by atoms with E-state index in [9.17, 15) is 9.59 Å². The fourth-order valence-electron chi connectivity index (χ4n) is 2.23. The number of hydrogen-bond donors (Lipinski definition) is 2. The molecule has 0 saturated heterocycles. The van der Waals surface area contributed by atoms with Crippen molar-refractivity contribution in [3.63, 3.8) is 0 Å². The Morgan fingerprint density at radius 1 is 1.11 bits per heavy atom. The summed E-state index contributed by atoms with van der Waals surface area (Å²) in [6, 6.07) is 16.0. The summed E-state index contributed by atoms with van der Waals surface area (Å²) in [5, 5.41) is 10.5. The zero-order valence-electron chi connectivity index (χ0n) is 15.3. The van der Waals surface area contributed by atoms with Crippen LogP contribution in [-0.4, -0.2) is 24.3 Å². The number of carboxylic acids is 1. The lowest BCUT2D eigenvalue weighted by molar-refractivity contribution is -0.134. The van der Waals surface area contributed by atoms with Crippen molar-refractivity contribution < 1.29 is 28.6 Å². The number of anilines is 1. The summed E-state index contributed by atoms with van der Waals surface area (Å²) in [5.41, 5.74) is 0.508. The molecular formula is C20H19NO7. The topological polar surface area (TPSA) is 115 Å². The standard InChI is InChI=1S/C18H15NO5.C2H4O2/c1-22-15-9-5-8-13-10-14(17(20)24-16(13)15)19-18(21)23-11-12-6-3-2-4-7-12;1-2(3)4/h2-10H,11H2,1H3,(H,19,21);1H3,(H,3,4). The van der Waals surface area contributed by atoms with E-state index in [0.29, 0.717) is 16.7 Å². The largest absolute Gasteiger partial charge is 0.493 e. The molecule has 0 aliphatic heterocycles. The molecule has 1 heterocycles. The van der Waals surface area contributed by atoms with Crippen LogP contribution in [0.1, 0.15) is 12.5 Å². The predicted molar refractivity (Wildman–Crippen MR) is 103 cm³/mol. The zero-order chi connectivity index (χ0) is 20.5. The summed E-state index contributed by atoms with van der Waals surface area (Å²) < 4.78 is 15.5. The van der Waals surface area contributed by atoms with E-state index in [4.69, 9.17) is 23.8 Å². The Morgan fingerprint density at radius 2 is 1.79 bits per heavy atom. The van der Waals surface area contributed by atoms with Gasteiger partial charge >= 0.3 is 11.7 Å². The highest BCUT2D eigenvalue weighted by atomic mass is 16.5. The molecule has 146 valence electrons. The van der Waals surface area contributed by atoms with E-state index in [1.807, 2.05) is 30.3 Å². The number of para-hydroxylation sites is 1. The zero-order valence-corrected chi connectivity index (χ0v) is 15.3. The molecule has 0 unspecified atom stereocenters. The smallest absolute Gasteiger partial charge is 0.412 e. The van der Waals surface area contributed by atoms with Gasteiger partial charge in [-0.1, -0.05) is 42.5 Å². The molecule has 0 atom stereocenters. The molecule has 2 aromatic carbocycles. The number of nitrogens with one attached hydrogen (secondary N) is 1. The number of rotatable bonds is 4. The van der Waals surface area contributed by atoms with Crippen LogP contribution in [0.2, 0.25) is 0 Å². The molecule has 1 amide bonds. The molecule has 0 aliphatic rings. The average Bonchev–Trinajstić information content (AvgIpc) is 2.67. The number of ether oxygens (including phenoxy) is 2. The first kappa shape index (κ1) is 20.5. The van der Waals surface area contributed by atoms with Crippen molar-refractivity contribution in [1.82, 2.24) is 0 Å². The van der Waals surface area contributed by atoms with Gasteiger partial charge in [0.2, 0.25) is 0 Å². The van der Waals surface area contributed by atoms with Crippen LogP contribution in [0.3, 0.4) is 0 Å². The summed E-state index contributed by atoms with van der Waals surface area (Å²) >= 11 is 0. The van der Waals surface area contributed by atoms with Gasteiger partial charge in [-0.25, -0.2) is 9.59 Å². The van der Waals surface area contributed by atoms with Crippen LogP contribution in [-0.2, 0) is 16.1 Å². The molecule has 0 saturated carbocycles. The number of carboxylic acid groups (broad SMARTS) is 1. The monoisotopic (exact) mass is 385 g/mol. The van der Waals surface area contributed by atoms with Gasteiger partial charge < -0.3 is 19.0 Å². The molecule has 8 nitrogen and oxygen atoms in total. The first-order valence-corrected chi connectivity index (χ1v) is 8.19. The van der Waals surface area contributed by atoms with Crippen LogP contribution in [0.15, 0.2) is 63.8 Å². The van der Waals surface area contributed by atoms with E-state index in [0.717, 1.165) is 12.5 Å². The van der Waals surface area contributed by atoms with Gasteiger partial charge in [-0.2, -0.15) is 0 Å². The molecule has 3 rings (SSSR count). The van der Waals surface area contributed by atoms with Crippen molar-refractivity contribution >= 4 is 28.7 Å². The van der Waals surface area contributed by atoms with E-state index in [-0.39, 0.29) is 12.3 Å². The second kappa shape index (κ2) is 9.77. The normalized spacial score (nSPS) is 9.79. The quantitative estimate of drug-likeness (QED) is 0.659. The van der Waals surface area contributed by atoms with Gasteiger partial charge in [0, 0.05) is 12.3 Å². The molecule has 28 heavy (non-hydrogen) atoms. The molecule has 0 aliphatic carbocycles. The van der Waals surface area contributed by atoms with Crippen molar-refractivity contribution in [2.45, 2.75) is 13.5 Å². The highest BCUT2D eigenvalue weighted by molar-refractivity contribution is 5.89. The number of hydrogen-bond acceptors (Lipinski definition) is 6. The van der Waals surface area contributed by atoms with Crippen LogP contribution in [0.4, 0.5) is 10.5 Å². The summed E-state index contributed by atoms with van der Waals surface area (Å²) in [6.07, 6.45) is -0.728. The Kier molecular flexibility index (Phi) is 7.15. The summed E-state index contributed by atoms with van der Waals surface area (Å²) in [4.78, 5) is 32.9. The number of benzene rings is 2. The minimum Gasteiger partial charge on any atom is -0.493 e.